The van der Waals surface area contributed by atoms with Gasteiger partial charge in [-0.3, -0.25) is 19.3 Å². The fourth-order valence-corrected chi connectivity index (χ4v) is 5.53. The lowest BCUT2D eigenvalue weighted by Gasteiger charge is -2.16. The van der Waals surface area contributed by atoms with Crippen molar-refractivity contribution in [1.29, 1.82) is 0 Å². The van der Waals surface area contributed by atoms with Gasteiger partial charge in [0.05, 0.1) is 45.6 Å². The Morgan fingerprint density at radius 3 is 1.57 bits per heavy atom. The highest BCUT2D eigenvalue weighted by Crippen LogP contribution is 2.35. The zero-order valence-electron chi connectivity index (χ0n) is 28.5. The Kier molecular flexibility index (Phi) is 15.3. The second-order valence-electron chi connectivity index (χ2n) is 12.5. The van der Waals surface area contributed by atoms with Crippen LogP contribution < -0.4 is 21.6 Å². The smallest absolute Gasteiger partial charge is 0.277 e. The maximum Gasteiger partial charge on any atom is 0.277 e. The van der Waals surface area contributed by atoms with E-state index >= 15 is 0 Å². The van der Waals surface area contributed by atoms with Crippen LogP contribution in [0.5, 0.6) is 0 Å². The Morgan fingerprint density at radius 1 is 0.722 bits per heavy atom. The van der Waals surface area contributed by atoms with Crippen LogP contribution in [0.25, 0.3) is 0 Å². The van der Waals surface area contributed by atoms with Crippen molar-refractivity contribution in [3.63, 3.8) is 0 Å². The Hall–Kier alpha value is -3.70. The monoisotopic (exact) mass is 986 g/mol. The number of nitrogens with one attached hydrogen (secondary N) is 4. The fourth-order valence-electron chi connectivity index (χ4n) is 4.63. The summed E-state index contributed by atoms with van der Waals surface area (Å²) in [4.78, 5) is 34.4. The molecule has 0 spiro atoms. The summed E-state index contributed by atoms with van der Waals surface area (Å²) in [6.45, 7) is 3.56. The molecule has 1 atom stereocenters. The SMILES string of the molecule is CC(C)CC(O)CONC(=O)c1ccc(F)c(F)c1Nc1ccc(I)cc1F.O=C(NOCC1(O)CC1)c1ccc(F)c(F)c1Nc1ccc(I)cc1F. The number of anilines is 4. The molecular weight excluding hydrogens is 952 g/mol. The van der Waals surface area contributed by atoms with Gasteiger partial charge >= 0.3 is 0 Å². The fraction of sp³-hybridized carbons (Fsp3) is 0.278. The molecule has 0 heterocycles. The standard InChI is InChI=1S/C19H20F3IN2O3.C17H14F3IN2O3/c1-10(2)7-12(26)9-28-25-19(27)13-4-5-14(20)17(22)18(13)24-16-6-3-11(23)8-15(16)21;18-11-3-2-10(16(24)23-26-8-17(25)5-6-17)15(14(11)20)22-13-4-1-9(21)7-12(13)19/h3-6,8,10,12,24,26H,7,9H2,1-2H3,(H,25,27);1-4,7,22,25H,5-6,8H2,(H,23,24). The number of benzene rings is 4. The molecule has 1 aliphatic carbocycles. The van der Waals surface area contributed by atoms with Gasteiger partial charge in [0.1, 0.15) is 24.8 Å². The highest BCUT2D eigenvalue weighted by atomic mass is 127. The summed E-state index contributed by atoms with van der Waals surface area (Å²) in [5.41, 5.74) is 1.36. The van der Waals surface area contributed by atoms with Gasteiger partial charge in [0.15, 0.2) is 23.3 Å². The van der Waals surface area contributed by atoms with E-state index in [0.29, 0.717) is 26.4 Å². The minimum absolute atomic E-state index is 0.114. The molecule has 0 aliphatic heterocycles. The van der Waals surface area contributed by atoms with Gasteiger partial charge in [-0.1, -0.05) is 13.8 Å². The van der Waals surface area contributed by atoms with Gasteiger partial charge < -0.3 is 20.8 Å². The van der Waals surface area contributed by atoms with E-state index in [4.69, 9.17) is 9.68 Å². The van der Waals surface area contributed by atoms with Gasteiger partial charge in [-0.25, -0.2) is 37.3 Å². The molecule has 4 aromatic rings. The average Bonchev–Trinajstić information content (AvgIpc) is 3.83. The van der Waals surface area contributed by atoms with Crippen molar-refractivity contribution < 1.29 is 55.8 Å². The van der Waals surface area contributed by atoms with Crippen LogP contribution in [0, 0.1) is 48.0 Å². The summed E-state index contributed by atoms with van der Waals surface area (Å²) >= 11 is 3.81. The van der Waals surface area contributed by atoms with Crippen LogP contribution in [0.4, 0.5) is 49.1 Å². The summed E-state index contributed by atoms with van der Waals surface area (Å²) in [7, 11) is 0. The molecule has 5 rings (SSSR count). The number of carbonyl (C=O) groups excluding carboxylic acids is 2. The van der Waals surface area contributed by atoms with Gasteiger partial charge in [-0.2, -0.15) is 0 Å². The van der Waals surface area contributed by atoms with Gasteiger partial charge in [-0.15, -0.1) is 0 Å². The number of amides is 2. The third-order valence-electron chi connectivity index (χ3n) is 7.58. The first-order chi connectivity index (χ1) is 25.5. The molecule has 10 nitrogen and oxygen atoms in total. The third-order valence-corrected chi connectivity index (χ3v) is 8.92. The summed E-state index contributed by atoms with van der Waals surface area (Å²) < 4.78 is 85.1. The van der Waals surface area contributed by atoms with Crippen LogP contribution >= 0.6 is 45.2 Å². The number of aliphatic hydroxyl groups excluding tert-OH is 1. The molecule has 0 bridgehead atoms. The molecule has 4 aromatic carbocycles. The van der Waals surface area contributed by atoms with Crippen LogP contribution in [0.3, 0.4) is 0 Å². The number of carbonyl (C=O) groups is 2. The zero-order chi connectivity index (χ0) is 39.7. The first-order valence-corrected chi connectivity index (χ1v) is 18.3. The molecule has 18 heteroatoms. The molecule has 54 heavy (non-hydrogen) atoms. The summed E-state index contributed by atoms with van der Waals surface area (Å²) in [5, 5.41) is 24.2. The topological polar surface area (TPSA) is 141 Å². The van der Waals surface area contributed by atoms with Gasteiger partial charge in [0.2, 0.25) is 0 Å². The van der Waals surface area contributed by atoms with Gasteiger partial charge in [0, 0.05) is 7.14 Å². The van der Waals surface area contributed by atoms with Crippen molar-refractivity contribution in [1.82, 2.24) is 11.0 Å². The van der Waals surface area contributed by atoms with Crippen LogP contribution in [0.1, 0.15) is 53.8 Å². The largest absolute Gasteiger partial charge is 0.391 e. The number of aliphatic hydroxyl groups is 2. The van der Waals surface area contributed by atoms with E-state index in [2.05, 4.69) is 21.6 Å². The summed E-state index contributed by atoms with van der Waals surface area (Å²) in [6, 6.07) is 11.9. The van der Waals surface area contributed by atoms with E-state index < -0.39 is 69.8 Å². The predicted molar refractivity (Wildman–Crippen MR) is 204 cm³/mol. The van der Waals surface area contributed by atoms with Crippen LogP contribution in [-0.2, 0) is 9.68 Å². The van der Waals surface area contributed by atoms with Crippen molar-refractivity contribution in [2.24, 2.45) is 5.92 Å². The van der Waals surface area contributed by atoms with E-state index in [-0.39, 0.29) is 41.6 Å². The maximum absolute atomic E-state index is 14.3. The quantitative estimate of drug-likeness (QED) is 0.0423. The molecule has 0 radical (unpaired) electrons. The van der Waals surface area contributed by atoms with Gasteiger partial charge in [-0.05, 0) is 131 Å². The van der Waals surface area contributed by atoms with Crippen molar-refractivity contribution >= 4 is 79.7 Å². The molecule has 6 N–H and O–H groups in total. The van der Waals surface area contributed by atoms with Crippen LogP contribution in [0.15, 0.2) is 60.7 Å². The first-order valence-electron chi connectivity index (χ1n) is 16.1. The first kappa shape index (κ1) is 43.0. The minimum atomic E-state index is -1.33. The highest BCUT2D eigenvalue weighted by molar-refractivity contribution is 14.1. The van der Waals surface area contributed by atoms with E-state index in [1.54, 1.807) is 12.1 Å². The lowest BCUT2D eigenvalue weighted by molar-refractivity contribution is -0.0230. The molecule has 0 saturated heterocycles. The lowest BCUT2D eigenvalue weighted by atomic mass is 10.1. The van der Waals surface area contributed by atoms with Crippen molar-refractivity contribution in [2.45, 2.75) is 44.8 Å². The Morgan fingerprint density at radius 2 is 1.17 bits per heavy atom. The second kappa shape index (κ2) is 19.2. The van der Waals surface area contributed by atoms with Crippen molar-refractivity contribution in [3.05, 3.63) is 114 Å². The third kappa shape index (κ3) is 12.2. The summed E-state index contributed by atoms with van der Waals surface area (Å²) in [6.07, 6.45) is 0.809. The highest BCUT2D eigenvalue weighted by Gasteiger charge is 2.41. The molecule has 1 saturated carbocycles. The van der Waals surface area contributed by atoms with Crippen molar-refractivity contribution in [2.75, 3.05) is 23.8 Å². The minimum Gasteiger partial charge on any atom is -0.391 e. The van der Waals surface area contributed by atoms with Crippen LogP contribution in [-0.4, -0.2) is 46.9 Å². The van der Waals surface area contributed by atoms with E-state index in [9.17, 15) is 46.1 Å². The van der Waals surface area contributed by atoms with E-state index in [1.807, 2.05) is 59.0 Å². The molecular formula is C36H34F6I2N4O6. The molecule has 2 amide bonds. The molecule has 1 fully saturated rings. The zero-order valence-corrected chi connectivity index (χ0v) is 32.8. The maximum atomic E-state index is 14.3. The number of halogens is 8. The molecule has 290 valence electrons. The summed E-state index contributed by atoms with van der Waals surface area (Å²) in [5.74, 6) is -7.90. The lowest BCUT2D eigenvalue weighted by Crippen LogP contribution is -2.29. The van der Waals surface area contributed by atoms with E-state index in [1.165, 1.54) is 24.3 Å². The molecule has 1 unspecified atom stereocenters. The normalized spacial score (nSPS) is 13.4. The number of hydroxylamine groups is 2. The predicted octanol–water partition coefficient (Wildman–Crippen LogP) is 8.16. The number of rotatable bonds is 14. The average molecular weight is 986 g/mol. The molecule has 0 aromatic heterocycles. The number of hydrogen-bond donors (Lipinski definition) is 6. The number of hydrogen-bond acceptors (Lipinski definition) is 8. The van der Waals surface area contributed by atoms with E-state index in [0.717, 1.165) is 24.3 Å². The van der Waals surface area contributed by atoms with Crippen molar-refractivity contribution in [3.8, 4) is 0 Å². The van der Waals surface area contributed by atoms with Gasteiger partial charge in [0.25, 0.3) is 11.8 Å². The molecule has 1 aliphatic rings. The Balaban J connectivity index is 0.000000241. The Labute approximate surface area is 333 Å². The van der Waals surface area contributed by atoms with Crippen LogP contribution in [0.2, 0.25) is 0 Å². The second-order valence-corrected chi connectivity index (χ2v) is 15.0. The Bertz CT molecular complexity index is 1990.